The van der Waals surface area contributed by atoms with E-state index in [4.69, 9.17) is 0 Å². The molecule has 29 heavy (non-hydrogen) atoms. The van der Waals surface area contributed by atoms with Crippen LogP contribution in [-0.2, 0) is 19.5 Å². The number of aromatic nitrogens is 5. The first-order valence-corrected chi connectivity index (χ1v) is 10.0. The molecule has 0 saturated carbocycles. The molecule has 1 atom stereocenters. The molecule has 1 aliphatic heterocycles. The Hall–Kier alpha value is -3.16. The fourth-order valence-electron chi connectivity index (χ4n) is 3.83. The summed E-state index contributed by atoms with van der Waals surface area (Å²) in [6.45, 7) is 4.61. The zero-order valence-corrected chi connectivity index (χ0v) is 17.3. The molecule has 3 heterocycles. The van der Waals surface area contributed by atoms with Gasteiger partial charge in [0, 0.05) is 51.9 Å². The Kier molecular flexibility index (Phi) is 5.59. The van der Waals surface area contributed by atoms with E-state index in [0.29, 0.717) is 5.92 Å². The number of guanidine groups is 1. The van der Waals surface area contributed by atoms with Crippen molar-refractivity contribution in [3.8, 4) is 5.69 Å². The van der Waals surface area contributed by atoms with E-state index in [2.05, 4.69) is 48.3 Å². The van der Waals surface area contributed by atoms with Crippen LogP contribution in [0.15, 0.2) is 47.7 Å². The molecule has 0 radical (unpaired) electrons. The largest absolute Gasteiger partial charge is 0.356 e. The van der Waals surface area contributed by atoms with Crippen molar-refractivity contribution < 1.29 is 0 Å². The molecule has 1 aromatic carbocycles. The standard InChI is InChI=1S/C21H28N8/c1-16-25-26-20-10-9-17(14-28(16)20)11-23-21(22-2)27(3)13-18-12-24-29(15-18)19-7-5-4-6-8-19/h4-8,12,15,17H,9-11,13-14H2,1-3H3,(H,22,23). The molecule has 4 rings (SSSR count). The van der Waals surface area contributed by atoms with E-state index < -0.39 is 0 Å². The molecule has 3 aromatic rings. The van der Waals surface area contributed by atoms with Gasteiger partial charge in [-0.05, 0) is 31.4 Å². The van der Waals surface area contributed by atoms with Crippen molar-refractivity contribution in [2.75, 3.05) is 20.6 Å². The van der Waals surface area contributed by atoms with E-state index in [-0.39, 0.29) is 0 Å². The van der Waals surface area contributed by atoms with Crippen LogP contribution in [0.2, 0.25) is 0 Å². The van der Waals surface area contributed by atoms with Crippen LogP contribution in [0.3, 0.4) is 0 Å². The van der Waals surface area contributed by atoms with E-state index in [1.54, 1.807) is 0 Å². The Balaban J connectivity index is 1.33. The fourth-order valence-corrected chi connectivity index (χ4v) is 3.83. The van der Waals surface area contributed by atoms with Crippen molar-refractivity contribution in [1.29, 1.82) is 0 Å². The molecule has 0 amide bonds. The molecule has 1 N–H and O–H groups in total. The van der Waals surface area contributed by atoms with E-state index >= 15 is 0 Å². The van der Waals surface area contributed by atoms with Gasteiger partial charge in [-0.25, -0.2) is 4.68 Å². The number of rotatable bonds is 5. The summed E-state index contributed by atoms with van der Waals surface area (Å²) in [5, 5.41) is 16.5. The van der Waals surface area contributed by atoms with Crippen LogP contribution in [0.4, 0.5) is 0 Å². The van der Waals surface area contributed by atoms with Gasteiger partial charge in [-0.1, -0.05) is 18.2 Å². The Morgan fingerprint density at radius 2 is 2.10 bits per heavy atom. The van der Waals surface area contributed by atoms with Crippen LogP contribution < -0.4 is 5.32 Å². The van der Waals surface area contributed by atoms with Crippen LogP contribution in [-0.4, -0.2) is 56.0 Å². The van der Waals surface area contributed by atoms with E-state index in [0.717, 1.165) is 61.3 Å². The van der Waals surface area contributed by atoms with Gasteiger partial charge in [0.25, 0.3) is 0 Å². The second-order valence-corrected chi connectivity index (χ2v) is 7.59. The first-order valence-electron chi connectivity index (χ1n) is 10.0. The Labute approximate surface area is 171 Å². The molecule has 0 saturated heterocycles. The Morgan fingerprint density at radius 1 is 1.28 bits per heavy atom. The summed E-state index contributed by atoms with van der Waals surface area (Å²) in [5.41, 5.74) is 2.20. The maximum Gasteiger partial charge on any atom is 0.193 e. The number of aryl methyl sites for hydroxylation is 2. The Bertz CT molecular complexity index is 972. The molecule has 2 aromatic heterocycles. The fraction of sp³-hybridized carbons (Fsp3) is 0.429. The molecule has 0 aliphatic carbocycles. The summed E-state index contributed by atoms with van der Waals surface area (Å²) in [6, 6.07) is 10.1. The third-order valence-electron chi connectivity index (χ3n) is 5.43. The van der Waals surface area contributed by atoms with Gasteiger partial charge in [0.2, 0.25) is 0 Å². The number of hydrogen-bond acceptors (Lipinski definition) is 4. The predicted octanol–water partition coefficient (Wildman–Crippen LogP) is 2.04. The van der Waals surface area contributed by atoms with Gasteiger partial charge in [-0.15, -0.1) is 10.2 Å². The number of nitrogens with one attached hydrogen (secondary N) is 1. The average molecular weight is 393 g/mol. The van der Waals surface area contributed by atoms with E-state index in [1.165, 1.54) is 0 Å². The minimum Gasteiger partial charge on any atom is -0.356 e. The minimum atomic E-state index is 0.545. The summed E-state index contributed by atoms with van der Waals surface area (Å²) >= 11 is 0. The number of aliphatic imine (C=N–C) groups is 1. The normalized spacial score (nSPS) is 16.5. The van der Waals surface area contributed by atoms with Crippen LogP contribution in [0, 0.1) is 12.8 Å². The van der Waals surface area contributed by atoms with E-state index in [9.17, 15) is 0 Å². The lowest BCUT2D eigenvalue weighted by molar-refractivity contribution is 0.352. The second-order valence-electron chi connectivity index (χ2n) is 7.59. The number of benzene rings is 1. The quantitative estimate of drug-likeness (QED) is 0.531. The predicted molar refractivity (Wildman–Crippen MR) is 113 cm³/mol. The third-order valence-corrected chi connectivity index (χ3v) is 5.43. The van der Waals surface area contributed by atoms with Gasteiger partial charge < -0.3 is 14.8 Å². The number of hydrogen-bond donors (Lipinski definition) is 1. The molecule has 0 fully saturated rings. The summed E-state index contributed by atoms with van der Waals surface area (Å²) in [7, 11) is 3.88. The molecule has 152 valence electrons. The minimum absolute atomic E-state index is 0.545. The maximum atomic E-state index is 4.48. The zero-order valence-electron chi connectivity index (χ0n) is 17.3. The summed E-state index contributed by atoms with van der Waals surface area (Å²) in [5.74, 6) is 3.55. The maximum absolute atomic E-state index is 4.48. The molecular formula is C21H28N8. The highest BCUT2D eigenvalue weighted by Crippen LogP contribution is 2.19. The van der Waals surface area contributed by atoms with Gasteiger partial charge in [-0.3, -0.25) is 4.99 Å². The third kappa shape index (κ3) is 4.31. The van der Waals surface area contributed by atoms with Crippen LogP contribution in [0.25, 0.3) is 5.69 Å². The zero-order chi connectivity index (χ0) is 20.2. The summed E-state index contributed by atoms with van der Waals surface area (Å²) in [6.07, 6.45) is 6.08. The van der Waals surface area contributed by atoms with Crippen LogP contribution in [0.5, 0.6) is 0 Å². The smallest absolute Gasteiger partial charge is 0.193 e. The monoisotopic (exact) mass is 392 g/mol. The number of fused-ring (bicyclic) bond motifs is 1. The first-order chi connectivity index (χ1) is 14.1. The molecule has 8 nitrogen and oxygen atoms in total. The van der Waals surface area contributed by atoms with Crippen molar-refractivity contribution in [3.63, 3.8) is 0 Å². The van der Waals surface area contributed by atoms with Crippen LogP contribution >= 0.6 is 0 Å². The van der Waals surface area contributed by atoms with Gasteiger partial charge in [0.15, 0.2) is 5.96 Å². The molecule has 1 unspecified atom stereocenters. The van der Waals surface area contributed by atoms with E-state index in [1.807, 2.05) is 55.2 Å². The Morgan fingerprint density at radius 3 is 2.90 bits per heavy atom. The topological polar surface area (TPSA) is 76.2 Å². The molecular weight excluding hydrogens is 364 g/mol. The van der Waals surface area contributed by atoms with Crippen molar-refractivity contribution in [2.45, 2.75) is 32.9 Å². The van der Waals surface area contributed by atoms with Crippen molar-refractivity contribution in [2.24, 2.45) is 10.9 Å². The lowest BCUT2D eigenvalue weighted by atomic mass is 9.99. The summed E-state index contributed by atoms with van der Waals surface area (Å²) < 4.78 is 4.14. The van der Waals surface area contributed by atoms with Crippen molar-refractivity contribution >= 4 is 5.96 Å². The SMILES string of the molecule is CN=C(NCC1CCc2nnc(C)n2C1)N(C)Cc1cnn(-c2ccccc2)c1. The molecule has 8 heteroatoms. The van der Waals surface area contributed by atoms with Gasteiger partial charge >= 0.3 is 0 Å². The van der Waals surface area contributed by atoms with Crippen molar-refractivity contribution in [3.05, 3.63) is 59.9 Å². The first kappa shape index (κ1) is 19.2. The molecule has 0 spiro atoms. The lowest BCUT2D eigenvalue weighted by Gasteiger charge is -2.27. The van der Waals surface area contributed by atoms with Gasteiger partial charge in [-0.2, -0.15) is 5.10 Å². The van der Waals surface area contributed by atoms with Crippen molar-refractivity contribution in [1.82, 2.24) is 34.8 Å². The van der Waals surface area contributed by atoms with Gasteiger partial charge in [0.05, 0.1) is 11.9 Å². The highest BCUT2D eigenvalue weighted by Gasteiger charge is 2.22. The molecule has 1 aliphatic rings. The highest BCUT2D eigenvalue weighted by molar-refractivity contribution is 5.79. The highest BCUT2D eigenvalue weighted by atomic mass is 15.3. The summed E-state index contributed by atoms with van der Waals surface area (Å²) in [4.78, 5) is 6.59. The van der Waals surface area contributed by atoms with Crippen LogP contribution in [0.1, 0.15) is 23.6 Å². The number of para-hydroxylation sites is 1. The average Bonchev–Trinajstić information content (AvgIpc) is 3.36. The second kappa shape index (κ2) is 8.46. The van der Waals surface area contributed by atoms with Gasteiger partial charge in [0.1, 0.15) is 11.6 Å². The number of nitrogens with zero attached hydrogens (tertiary/aromatic N) is 7. The lowest BCUT2D eigenvalue weighted by Crippen LogP contribution is -2.42. The molecule has 0 bridgehead atoms.